The van der Waals surface area contributed by atoms with Crippen molar-refractivity contribution in [1.82, 2.24) is 0 Å². The van der Waals surface area contributed by atoms with Crippen molar-refractivity contribution >= 4 is 0 Å². The lowest BCUT2D eigenvalue weighted by Gasteiger charge is -2.45. The van der Waals surface area contributed by atoms with Gasteiger partial charge in [-0.05, 0) is 57.3 Å². The third kappa shape index (κ3) is 1.84. The lowest BCUT2D eigenvalue weighted by Crippen LogP contribution is -2.48. The Balaban J connectivity index is 2.30. The molecule has 0 amide bonds. The van der Waals surface area contributed by atoms with E-state index >= 15 is 0 Å². The molecule has 2 aliphatic rings. The van der Waals surface area contributed by atoms with Crippen molar-refractivity contribution in [3.05, 3.63) is 11.6 Å². The van der Waals surface area contributed by atoms with Crippen LogP contribution in [0.15, 0.2) is 11.6 Å². The highest BCUT2D eigenvalue weighted by Crippen LogP contribution is 2.53. The zero-order valence-electron chi connectivity index (χ0n) is 11.2. The Kier molecular flexibility index (Phi) is 3.18. The summed E-state index contributed by atoms with van der Waals surface area (Å²) in [7, 11) is 0. The summed E-state index contributed by atoms with van der Waals surface area (Å²) in [6.07, 6.45) is 7.06. The molecule has 0 saturated heterocycles. The summed E-state index contributed by atoms with van der Waals surface area (Å²) in [4.78, 5) is 0. The smallest absolute Gasteiger partial charge is 0.0743 e. The summed E-state index contributed by atoms with van der Waals surface area (Å²) in [6.45, 7) is 8.93. The molecule has 16 heavy (non-hydrogen) atoms. The number of aliphatic hydroxyl groups is 1. The minimum absolute atomic E-state index is 0.390. The molecule has 1 nitrogen and oxygen atoms in total. The van der Waals surface area contributed by atoms with E-state index in [-0.39, 0.29) is 0 Å². The molecule has 0 unspecified atom stereocenters. The molecule has 2 saturated carbocycles. The molecular formula is C15H26O. The molecule has 0 bridgehead atoms. The fraction of sp³-hybridized carbons (Fsp3) is 0.867. The maximum Gasteiger partial charge on any atom is 0.0743 e. The highest BCUT2D eigenvalue weighted by Gasteiger charge is 2.53. The largest absolute Gasteiger partial charge is 0.389 e. The van der Waals surface area contributed by atoms with Crippen LogP contribution in [0.4, 0.5) is 0 Å². The highest BCUT2D eigenvalue weighted by atomic mass is 16.3. The number of hydrogen-bond donors (Lipinski definition) is 1. The van der Waals surface area contributed by atoms with E-state index in [1.54, 1.807) is 0 Å². The molecule has 0 aliphatic heterocycles. The second-order valence-corrected chi connectivity index (χ2v) is 6.44. The van der Waals surface area contributed by atoms with Crippen molar-refractivity contribution in [3.8, 4) is 0 Å². The molecule has 5 atom stereocenters. The van der Waals surface area contributed by atoms with Crippen LogP contribution < -0.4 is 0 Å². The Morgan fingerprint density at radius 1 is 1.12 bits per heavy atom. The molecule has 2 fully saturated rings. The van der Waals surface area contributed by atoms with E-state index in [9.17, 15) is 5.11 Å². The van der Waals surface area contributed by atoms with Gasteiger partial charge >= 0.3 is 0 Å². The lowest BCUT2D eigenvalue weighted by molar-refractivity contribution is -0.0859. The topological polar surface area (TPSA) is 20.2 Å². The molecule has 1 N–H and O–H groups in total. The van der Waals surface area contributed by atoms with E-state index < -0.39 is 5.60 Å². The first-order chi connectivity index (χ1) is 7.45. The average Bonchev–Trinajstić information content (AvgIpc) is 2.49. The van der Waals surface area contributed by atoms with E-state index in [2.05, 4.69) is 33.8 Å². The predicted molar refractivity (Wildman–Crippen MR) is 68.2 cm³/mol. The van der Waals surface area contributed by atoms with Gasteiger partial charge in [-0.15, -0.1) is 0 Å². The normalized spacial score (nSPS) is 47.6. The summed E-state index contributed by atoms with van der Waals surface area (Å²) >= 11 is 0. The van der Waals surface area contributed by atoms with Gasteiger partial charge in [0.15, 0.2) is 0 Å². The van der Waals surface area contributed by atoms with E-state index in [0.717, 1.165) is 6.42 Å². The van der Waals surface area contributed by atoms with Gasteiger partial charge in [0.1, 0.15) is 0 Å². The third-order valence-corrected chi connectivity index (χ3v) is 4.97. The SMILES string of the molecule is CC(C)=C[C@H]1[C@@H](C)CC[C@@H]2[C@@H](C)CC[C@@]21O. The second-order valence-electron chi connectivity index (χ2n) is 6.44. The lowest BCUT2D eigenvalue weighted by atomic mass is 9.63. The fourth-order valence-electron chi connectivity index (χ4n) is 4.07. The monoisotopic (exact) mass is 222 g/mol. The van der Waals surface area contributed by atoms with Crippen LogP contribution in [0, 0.1) is 23.7 Å². The number of allylic oxidation sites excluding steroid dienone is 1. The van der Waals surface area contributed by atoms with Gasteiger partial charge in [0.05, 0.1) is 5.60 Å². The van der Waals surface area contributed by atoms with E-state index in [0.29, 0.717) is 23.7 Å². The van der Waals surface area contributed by atoms with Crippen molar-refractivity contribution in [1.29, 1.82) is 0 Å². The summed E-state index contributed by atoms with van der Waals surface area (Å²) in [5.41, 5.74) is 0.958. The van der Waals surface area contributed by atoms with Gasteiger partial charge in [-0.2, -0.15) is 0 Å². The molecule has 0 spiro atoms. The predicted octanol–water partition coefficient (Wildman–Crippen LogP) is 3.78. The maximum atomic E-state index is 11.0. The summed E-state index contributed by atoms with van der Waals surface area (Å²) in [6, 6.07) is 0. The Morgan fingerprint density at radius 2 is 1.81 bits per heavy atom. The van der Waals surface area contributed by atoms with Gasteiger partial charge in [0.2, 0.25) is 0 Å². The quantitative estimate of drug-likeness (QED) is 0.669. The third-order valence-electron chi connectivity index (χ3n) is 4.97. The van der Waals surface area contributed by atoms with Gasteiger partial charge < -0.3 is 5.11 Å². The number of rotatable bonds is 1. The fourth-order valence-corrected chi connectivity index (χ4v) is 4.07. The zero-order valence-corrected chi connectivity index (χ0v) is 11.2. The van der Waals surface area contributed by atoms with Crippen molar-refractivity contribution in [2.45, 2.75) is 59.0 Å². The highest BCUT2D eigenvalue weighted by molar-refractivity contribution is 5.13. The summed E-state index contributed by atoms with van der Waals surface area (Å²) in [5.74, 6) is 2.29. The standard InChI is InChI=1S/C15H26O/c1-10(2)9-14-11(3)5-6-13-12(4)7-8-15(13,14)16/h9,11-14,16H,5-8H2,1-4H3/t11-,12-,13+,14-,15+/m0/s1. The second kappa shape index (κ2) is 4.18. The minimum Gasteiger partial charge on any atom is -0.389 e. The Morgan fingerprint density at radius 3 is 2.44 bits per heavy atom. The average molecular weight is 222 g/mol. The minimum atomic E-state index is -0.394. The van der Waals surface area contributed by atoms with Crippen LogP contribution in [-0.2, 0) is 0 Å². The molecule has 2 rings (SSSR count). The van der Waals surface area contributed by atoms with Crippen LogP contribution in [0.1, 0.15) is 53.4 Å². The van der Waals surface area contributed by atoms with Crippen LogP contribution in [0.3, 0.4) is 0 Å². The number of fused-ring (bicyclic) bond motifs is 1. The number of hydrogen-bond acceptors (Lipinski definition) is 1. The van der Waals surface area contributed by atoms with E-state index in [1.165, 1.54) is 24.8 Å². The first-order valence-electron chi connectivity index (χ1n) is 6.82. The van der Waals surface area contributed by atoms with Crippen LogP contribution in [0.25, 0.3) is 0 Å². The van der Waals surface area contributed by atoms with Gasteiger partial charge in [-0.3, -0.25) is 0 Å². The molecule has 0 aromatic rings. The molecule has 2 aliphatic carbocycles. The first kappa shape index (κ1) is 12.2. The Hall–Kier alpha value is -0.300. The summed E-state index contributed by atoms with van der Waals surface area (Å²) < 4.78 is 0. The Bertz CT molecular complexity index is 290. The zero-order chi connectivity index (χ0) is 11.9. The molecule has 0 aromatic carbocycles. The van der Waals surface area contributed by atoms with Crippen LogP contribution >= 0.6 is 0 Å². The molecular weight excluding hydrogens is 196 g/mol. The van der Waals surface area contributed by atoms with Gasteiger partial charge in [-0.25, -0.2) is 0 Å². The molecule has 0 radical (unpaired) electrons. The van der Waals surface area contributed by atoms with Crippen LogP contribution in [0.2, 0.25) is 0 Å². The summed E-state index contributed by atoms with van der Waals surface area (Å²) in [5, 5.41) is 11.0. The van der Waals surface area contributed by atoms with Gasteiger partial charge in [-0.1, -0.05) is 25.5 Å². The molecule has 92 valence electrons. The Labute approximate surface area is 99.9 Å². The molecule has 1 heteroatoms. The van der Waals surface area contributed by atoms with Crippen molar-refractivity contribution in [2.24, 2.45) is 23.7 Å². The van der Waals surface area contributed by atoms with Gasteiger partial charge in [0.25, 0.3) is 0 Å². The van der Waals surface area contributed by atoms with Gasteiger partial charge in [0, 0.05) is 5.92 Å². The molecule has 0 aromatic heterocycles. The van der Waals surface area contributed by atoms with Crippen molar-refractivity contribution < 1.29 is 5.11 Å². The maximum absolute atomic E-state index is 11.0. The first-order valence-corrected chi connectivity index (χ1v) is 6.82. The van der Waals surface area contributed by atoms with E-state index in [1.807, 2.05) is 0 Å². The van der Waals surface area contributed by atoms with Crippen molar-refractivity contribution in [2.75, 3.05) is 0 Å². The van der Waals surface area contributed by atoms with E-state index in [4.69, 9.17) is 0 Å². The van der Waals surface area contributed by atoms with Crippen molar-refractivity contribution in [3.63, 3.8) is 0 Å². The molecule has 0 heterocycles. The van der Waals surface area contributed by atoms with Crippen LogP contribution in [0.5, 0.6) is 0 Å². The van der Waals surface area contributed by atoms with Crippen LogP contribution in [-0.4, -0.2) is 10.7 Å².